The van der Waals surface area contributed by atoms with E-state index < -0.39 is 6.10 Å². The molecule has 1 aliphatic heterocycles. The maximum absolute atomic E-state index is 12.6. The number of likely N-dealkylation sites (tertiary alicyclic amines) is 1. The number of piperidine rings is 1. The lowest BCUT2D eigenvalue weighted by atomic mass is 10.0. The lowest BCUT2D eigenvalue weighted by Gasteiger charge is -2.30. The van der Waals surface area contributed by atoms with Crippen LogP contribution in [0.5, 0.6) is 0 Å². The number of amides is 1. The lowest BCUT2D eigenvalue weighted by Crippen LogP contribution is -2.42. The first-order valence-electron chi connectivity index (χ1n) is 6.74. The van der Waals surface area contributed by atoms with Crippen LogP contribution < -0.4 is 5.56 Å². The molecule has 0 radical (unpaired) electrons. The van der Waals surface area contributed by atoms with Gasteiger partial charge in [0.2, 0.25) is 5.56 Å². The summed E-state index contributed by atoms with van der Waals surface area (Å²) in [5.41, 5.74) is 0.768. The van der Waals surface area contributed by atoms with Gasteiger partial charge < -0.3 is 15.0 Å². The minimum atomic E-state index is -0.471. The fourth-order valence-corrected chi connectivity index (χ4v) is 2.69. The van der Waals surface area contributed by atoms with E-state index in [9.17, 15) is 14.7 Å². The van der Waals surface area contributed by atoms with Crippen molar-refractivity contribution in [3.05, 3.63) is 46.2 Å². The quantitative estimate of drug-likeness (QED) is 0.817. The van der Waals surface area contributed by atoms with E-state index in [4.69, 9.17) is 0 Å². The number of pyridine rings is 1. The summed E-state index contributed by atoms with van der Waals surface area (Å²) in [6, 6.07) is 8.59. The van der Waals surface area contributed by atoms with Gasteiger partial charge in [0.1, 0.15) is 0 Å². The van der Waals surface area contributed by atoms with Crippen LogP contribution in [0.1, 0.15) is 23.2 Å². The predicted molar refractivity (Wildman–Crippen MR) is 75.7 cm³/mol. The number of hydrogen-bond acceptors (Lipinski definition) is 3. The van der Waals surface area contributed by atoms with Crippen molar-refractivity contribution in [2.75, 3.05) is 13.1 Å². The number of aromatic nitrogens is 1. The summed E-state index contributed by atoms with van der Waals surface area (Å²) in [7, 11) is 0. The summed E-state index contributed by atoms with van der Waals surface area (Å²) in [6.45, 7) is 0.955. The van der Waals surface area contributed by atoms with E-state index in [1.807, 2.05) is 18.2 Å². The van der Waals surface area contributed by atoms with Crippen LogP contribution >= 0.6 is 0 Å². The highest BCUT2D eigenvalue weighted by Gasteiger charge is 2.24. The van der Waals surface area contributed by atoms with E-state index in [-0.39, 0.29) is 11.5 Å². The van der Waals surface area contributed by atoms with E-state index in [0.29, 0.717) is 24.2 Å². The number of rotatable bonds is 1. The number of nitrogens with one attached hydrogen (secondary N) is 1. The Bertz CT molecular complexity index is 708. The van der Waals surface area contributed by atoms with Crippen molar-refractivity contribution in [2.24, 2.45) is 0 Å². The molecule has 5 nitrogen and oxygen atoms in total. The summed E-state index contributed by atoms with van der Waals surface area (Å²) in [6.07, 6.45) is 1.04. The van der Waals surface area contributed by atoms with Crippen LogP contribution in [0, 0.1) is 0 Å². The molecule has 3 rings (SSSR count). The zero-order valence-corrected chi connectivity index (χ0v) is 11.0. The number of aliphatic hydroxyl groups is 1. The summed E-state index contributed by atoms with van der Waals surface area (Å²) in [5.74, 6) is -0.189. The molecule has 0 bridgehead atoms. The van der Waals surface area contributed by atoms with Crippen molar-refractivity contribution in [2.45, 2.75) is 18.9 Å². The molecular formula is C15H16N2O3. The van der Waals surface area contributed by atoms with Crippen LogP contribution in [0.4, 0.5) is 0 Å². The SMILES string of the molecule is O=C(c1cc(=O)[nH]c2ccccc12)N1CCC[C@H](O)C1. The maximum atomic E-state index is 12.6. The number of nitrogens with zero attached hydrogens (tertiary/aromatic N) is 1. The summed E-state index contributed by atoms with van der Waals surface area (Å²) in [5, 5.41) is 10.4. The Morgan fingerprint density at radius 1 is 1.35 bits per heavy atom. The highest BCUT2D eigenvalue weighted by Crippen LogP contribution is 2.19. The number of fused-ring (bicyclic) bond motifs is 1. The van der Waals surface area contributed by atoms with Crippen LogP contribution in [0.3, 0.4) is 0 Å². The van der Waals surface area contributed by atoms with Gasteiger partial charge in [-0.3, -0.25) is 9.59 Å². The normalized spacial score (nSPS) is 19.2. The number of carbonyl (C=O) groups excluding carboxylic acids is 1. The largest absolute Gasteiger partial charge is 0.391 e. The van der Waals surface area contributed by atoms with Gasteiger partial charge in [0, 0.05) is 30.1 Å². The Hall–Kier alpha value is -2.14. The summed E-state index contributed by atoms with van der Waals surface area (Å²) < 4.78 is 0. The predicted octanol–water partition coefficient (Wildman–Crippen LogP) is 1.12. The van der Waals surface area contributed by atoms with Crippen LogP contribution in [0.15, 0.2) is 35.1 Å². The zero-order chi connectivity index (χ0) is 14.1. The third kappa shape index (κ3) is 2.32. The van der Waals surface area contributed by atoms with Crippen molar-refractivity contribution in [3.63, 3.8) is 0 Å². The number of para-hydroxylation sites is 1. The van der Waals surface area contributed by atoms with E-state index in [1.54, 1.807) is 11.0 Å². The van der Waals surface area contributed by atoms with E-state index >= 15 is 0 Å². The zero-order valence-electron chi connectivity index (χ0n) is 11.0. The minimum Gasteiger partial charge on any atom is -0.391 e. The highest BCUT2D eigenvalue weighted by atomic mass is 16.3. The molecule has 20 heavy (non-hydrogen) atoms. The smallest absolute Gasteiger partial charge is 0.254 e. The molecule has 1 aromatic carbocycles. The fourth-order valence-electron chi connectivity index (χ4n) is 2.69. The van der Waals surface area contributed by atoms with Crippen molar-refractivity contribution >= 4 is 16.8 Å². The number of benzene rings is 1. The Balaban J connectivity index is 2.05. The van der Waals surface area contributed by atoms with Gasteiger partial charge in [-0.2, -0.15) is 0 Å². The van der Waals surface area contributed by atoms with Crippen LogP contribution in [0.2, 0.25) is 0 Å². The first-order valence-corrected chi connectivity index (χ1v) is 6.74. The average molecular weight is 272 g/mol. The number of H-pyrrole nitrogens is 1. The average Bonchev–Trinajstić information content (AvgIpc) is 2.45. The van der Waals surface area contributed by atoms with Gasteiger partial charge in [-0.05, 0) is 18.9 Å². The first kappa shape index (κ1) is 12.9. The van der Waals surface area contributed by atoms with Gasteiger partial charge in [-0.15, -0.1) is 0 Å². The topological polar surface area (TPSA) is 73.4 Å². The van der Waals surface area contributed by atoms with Crippen molar-refractivity contribution in [1.82, 2.24) is 9.88 Å². The van der Waals surface area contributed by atoms with E-state index in [2.05, 4.69) is 4.98 Å². The summed E-state index contributed by atoms with van der Waals surface area (Å²) in [4.78, 5) is 28.6. The Morgan fingerprint density at radius 3 is 2.95 bits per heavy atom. The summed E-state index contributed by atoms with van der Waals surface area (Å²) >= 11 is 0. The van der Waals surface area contributed by atoms with Gasteiger partial charge in [-0.25, -0.2) is 0 Å². The van der Waals surface area contributed by atoms with Gasteiger partial charge >= 0.3 is 0 Å². The second-order valence-electron chi connectivity index (χ2n) is 5.14. The molecule has 0 unspecified atom stereocenters. The third-order valence-electron chi connectivity index (χ3n) is 3.66. The molecular weight excluding hydrogens is 256 g/mol. The van der Waals surface area contributed by atoms with Gasteiger partial charge in [0.25, 0.3) is 5.91 Å². The minimum absolute atomic E-state index is 0.189. The first-order chi connectivity index (χ1) is 9.65. The molecule has 0 spiro atoms. The van der Waals surface area contributed by atoms with E-state index in [1.165, 1.54) is 6.07 Å². The molecule has 1 aliphatic rings. The number of carbonyl (C=O) groups is 1. The molecule has 5 heteroatoms. The van der Waals surface area contributed by atoms with Crippen LogP contribution in [-0.4, -0.2) is 40.1 Å². The molecule has 104 valence electrons. The highest BCUT2D eigenvalue weighted by molar-refractivity contribution is 6.05. The van der Waals surface area contributed by atoms with Gasteiger partial charge in [0.15, 0.2) is 0 Å². The van der Waals surface area contributed by atoms with Crippen molar-refractivity contribution in [1.29, 1.82) is 0 Å². The Labute approximate surface area is 115 Å². The second kappa shape index (κ2) is 5.09. The van der Waals surface area contributed by atoms with Crippen molar-refractivity contribution < 1.29 is 9.90 Å². The lowest BCUT2D eigenvalue weighted by molar-refractivity contribution is 0.0475. The Morgan fingerprint density at radius 2 is 2.15 bits per heavy atom. The molecule has 2 aromatic rings. The molecule has 1 aromatic heterocycles. The van der Waals surface area contributed by atoms with Gasteiger partial charge in [-0.1, -0.05) is 18.2 Å². The number of aromatic amines is 1. The van der Waals surface area contributed by atoms with Crippen LogP contribution in [0.25, 0.3) is 10.9 Å². The molecule has 1 saturated heterocycles. The second-order valence-corrected chi connectivity index (χ2v) is 5.14. The van der Waals surface area contributed by atoms with E-state index in [0.717, 1.165) is 18.2 Å². The number of β-amino-alcohol motifs (C(OH)–C–C–N with tert-alkyl or cyclic N) is 1. The van der Waals surface area contributed by atoms with Gasteiger partial charge in [0.05, 0.1) is 11.7 Å². The number of hydrogen-bond donors (Lipinski definition) is 2. The monoisotopic (exact) mass is 272 g/mol. The molecule has 0 saturated carbocycles. The maximum Gasteiger partial charge on any atom is 0.254 e. The van der Waals surface area contributed by atoms with Crippen molar-refractivity contribution in [3.8, 4) is 0 Å². The molecule has 2 N–H and O–H groups in total. The standard InChI is InChI=1S/C15H16N2O3/c18-10-4-3-7-17(9-10)15(20)12-8-14(19)16-13-6-2-1-5-11(12)13/h1-2,5-6,8,10,18H,3-4,7,9H2,(H,16,19)/t10-/m0/s1. The fraction of sp³-hybridized carbons (Fsp3) is 0.333. The molecule has 1 amide bonds. The Kier molecular flexibility index (Phi) is 3.28. The molecule has 1 atom stereocenters. The number of aliphatic hydroxyl groups excluding tert-OH is 1. The van der Waals surface area contributed by atoms with Crippen LogP contribution in [-0.2, 0) is 0 Å². The molecule has 0 aliphatic carbocycles. The molecule has 1 fully saturated rings. The molecule has 2 heterocycles. The third-order valence-corrected chi connectivity index (χ3v) is 3.66.